The quantitative estimate of drug-likeness (QED) is 0.819. The molecule has 2 aliphatic rings. The van der Waals surface area contributed by atoms with Gasteiger partial charge >= 0.3 is 0 Å². The van der Waals surface area contributed by atoms with E-state index < -0.39 is 0 Å². The van der Waals surface area contributed by atoms with Gasteiger partial charge in [0.15, 0.2) is 0 Å². The van der Waals surface area contributed by atoms with Crippen LogP contribution in [0.2, 0.25) is 0 Å². The van der Waals surface area contributed by atoms with Gasteiger partial charge in [-0.15, -0.1) is 0 Å². The van der Waals surface area contributed by atoms with Crippen LogP contribution in [0, 0.1) is 6.92 Å². The fourth-order valence-electron chi connectivity index (χ4n) is 3.35. The van der Waals surface area contributed by atoms with E-state index >= 15 is 0 Å². The maximum Gasteiger partial charge on any atom is 0.248 e. The van der Waals surface area contributed by atoms with Crippen LogP contribution in [0.25, 0.3) is 0 Å². The second-order valence-corrected chi connectivity index (χ2v) is 6.40. The Morgan fingerprint density at radius 2 is 2.39 bits per heavy atom. The zero-order valence-electron chi connectivity index (χ0n) is 13.8. The maximum atomic E-state index is 11.9. The third kappa shape index (κ3) is 3.88. The molecule has 126 valence electrons. The third-order valence-electron chi connectivity index (χ3n) is 4.52. The molecule has 0 bridgehead atoms. The van der Waals surface area contributed by atoms with Crippen LogP contribution in [-0.2, 0) is 25.6 Å². The Labute approximate surface area is 136 Å². The number of nitrogens with zero attached hydrogens (tertiary/aromatic N) is 2. The summed E-state index contributed by atoms with van der Waals surface area (Å²) in [5, 5.41) is 0. The number of rotatable bonds is 5. The summed E-state index contributed by atoms with van der Waals surface area (Å²) < 4.78 is 16.9. The summed E-state index contributed by atoms with van der Waals surface area (Å²) >= 11 is 0. The van der Waals surface area contributed by atoms with E-state index in [0.717, 1.165) is 30.8 Å². The number of pyridine rings is 1. The van der Waals surface area contributed by atoms with Crippen molar-refractivity contribution in [3.63, 3.8) is 0 Å². The molecule has 1 amide bonds. The molecular formula is C17H24N2O4. The van der Waals surface area contributed by atoms with Gasteiger partial charge in [-0.25, -0.2) is 0 Å². The second kappa shape index (κ2) is 6.95. The van der Waals surface area contributed by atoms with Crippen LogP contribution in [-0.4, -0.2) is 60.9 Å². The molecule has 1 aromatic rings. The van der Waals surface area contributed by atoms with Crippen molar-refractivity contribution in [2.24, 2.45) is 0 Å². The summed E-state index contributed by atoms with van der Waals surface area (Å²) in [5.74, 6) is 0.0290. The Hall–Kier alpha value is -1.50. The van der Waals surface area contributed by atoms with Gasteiger partial charge in [0, 0.05) is 32.3 Å². The van der Waals surface area contributed by atoms with Gasteiger partial charge in [-0.05, 0) is 25.5 Å². The van der Waals surface area contributed by atoms with Crippen molar-refractivity contribution in [2.75, 3.05) is 33.4 Å². The van der Waals surface area contributed by atoms with Crippen molar-refractivity contribution < 1.29 is 19.0 Å². The van der Waals surface area contributed by atoms with E-state index in [2.05, 4.69) is 4.98 Å². The number of hydrogen-bond donors (Lipinski definition) is 0. The Balaban J connectivity index is 1.50. The van der Waals surface area contributed by atoms with Crippen LogP contribution in [0.5, 0.6) is 0 Å². The third-order valence-corrected chi connectivity index (χ3v) is 4.52. The number of methoxy groups -OCH3 is 1. The topological polar surface area (TPSA) is 60.9 Å². The van der Waals surface area contributed by atoms with Gasteiger partial charge in [0.2, 0.25) is 5.91 Å². The summed E-state index contributed by atoms with van der Waals surface area (Å²) in [5.41, 5.74) is 1.69. The predicted molar refractivity (Wildman–Crippen MR) is 83.9 cm³/mol. The van der Waals surface area contributed by atoms with Gasteiger partial charge in [0.1, 0.15) is 6.61 Å². The summed E-state index contributed by atoms with van der Waals surface area (Å²) in [4.78, 5) is 18.2. The first-order valence-corrected chi connectivity index (χ1v) is 8.05. The molecule has 0 aliphatic carbocycles. The fourth-order valence-corrected chi connectivity index (χ4v) is 3.35. The molecule has 2 saturated heterocycles. The highest BCUT2D eigenvalue weighted by Crippen LogP contribution is 2.36. The standard InChI is InChI=1S/C17H24N2O4/c1-13-4-3-5-14(18-13)9-22-15-8-17(23-10-15)6-7-19(12-17)16(20)11-21-2/h3-5,15H,6-12H2,1-2H3/t15-,17+/m1/s1. The van der Waals surface area contributed by atoms with Crippen LogP contribution in [0.3, 0.4) is 0 Å². The molecule has 3 rings (SSSR count). The van der Waals surface area contributed by atoms with Crippen molar-refractivity contribution in [1.82, 2.24) is 9.88 Å². The van der Waals surface area contributed by atoms with E-state index in [1.165, 1.54) is 0 Å². The van der Waals surface area contributed by atoms with Gasteiger partial charge in [0.25, 0.3) is 0 Å². The number of aromatic nitrogens is 1. The molecule has 6 nitrogen and oxygen atoms in total. The number of carbonyl (C=O) groups is 1. The first kappa shape index (κ1) is 16.4. The fraction of sp³-hybridized carbons (Fsp3) is 0.647. The molecule has 2 aliphatic heterocycles. The SMILES string of the molecule is COCC(=O)N1CC[C@]2(C[C@@H](OCc3cccc(C)n3)CO2)C1. The van der Waals surface area contributed by atoms with E-state index in [1.807, 2.05) is 30.0 Å². The van der Waals surface area contributed by atoms with Crippen LogP contribution >= 0.6 is 0 Å². The molecule has 0 radical (unpaired) electrons. The van der Waals surface area contributed by atoms with Crippen molar-refractivity contribution in [3.8, 4) is 0 Å². The minimum Gasteiger partial charge on any atom is -0.375 e. The number of aryl methyl sites for hydroxylation is 1. The van der Waals surface area contributed by atoms with Gasteiger partial charge < -0.3 is 19.1 Å². The molecule has 3 heterocycles. The minimum absolute atomic E-state index is 0.0290. The normalized spacial score (nSPS) is 27.0. The molecular weight excluding hydrogens is 296 g/mol. The molecule has 1 aromatic heterocycles. The van der Waals surface area contributed by atoms with E-state index in [-0.39, 0.29) is 24.2 Å². The van der Waals surface area contributed by atoms with E-state index in [0.29, 0.717) is 19.8 Å². The molecule has 0 unspecified atom stereocenters. The van der Waals surface area contributed by atoms with Crippen molar-refractivity contribution in [1.29, 1.82) is 0 Å². The highest BCUT2D eigenvalue weighted by Gasteiger charge is 2.47. The Kier molecular flexibility index (Phi) is 4.94. The number of amides is 1. The molecule has 0 aromatic carbocycles. The van der Waals surface area contributed by atoms with Crippen LogP contribution in [0.15, 0.2) is 18.2 Å². The number of likely N-dealkylation sites (tertiary alicyclic amines) is 1. The van der Waals surface area contributed by atoms with Crippen molar-refractivity contribution in [3.05, 3.63) is 29.6 Å². The van der Waals surface area contributed by atoms with E-state index in [4.69, 9.17) is 14.2 Å². The molecule has 1 spiro atoms. The van der Waals surface area contributed by atoms with Gasteiger partial charge in [0.05, 0.1) is 30.6 Å². The highest BCUT2D eigenvalue weighted by atomic mass is 16.6. The predicted octanol–water partition coefficient (Wildman–Crippen LogP) is 1.31. The molecule has 2 atom stereocenters. The lowest BCUT2D eigenvalue weighted by atomic mass is 9.98. The lowest BCUT2D eigenvalue weighted by Gasteiger charge is -2.23. The zero-order chi connectivity index (χ0) is 16.3. The molecule has 0 N–H and O–H groups in total. The Morgan fingerprint density at radius 1 is 1.52 bits per heavy atom. The van der Waals surface area contributed by atoms with Crippen LogP contribution in [0.4, 0.5) is 0 Å². The average Bonchev–Trinajstić information content (AvgIpc) is 3.13. The summed E-state index contributed by atoms with van der Waals surface area (Å²) in [6.45, 7) is 4.55. The highest BCUT2D eigenvalue weighted by molar-refractivity contribution is 5.77. The summed E-state index contributed by atoms with van der Waals surface area (Å²) in [6, 6.07) is 5.94. The van der Waals surface area contributed by atoms with Crippen molar-refractivity contribution >= 4 is 5.91 Å². The molecule has 6 heteroatoms. The lowest BCUT2D eigenvalue weighted by Crippen LogP contribution is -2.37. The smallest absolute Gasteiger partial charge is 0.248 e. The maximum absolute atomic E-state index is 11.9. The first-order valence-electron chi connectivity index (χ1n) is 8.05. The second-order valence-electron chi connectivity index (χ2n) is 6.40. The summed E-state index contributed by atoms with van der Waals surface area (Å²) in [6.07, 6.45) is 1.76. The van der Waals surface area contributed by atoms with E-state index in [9.17, 15) is 4.79 Å². The number of ether oxygens (including phenoxy) is 3. The first-order chi connectivity index (χ1) is 11.1. The monoisotopic (exact) mass is 320 g/mol. The Morgan fingerprint density at radius 3 is 3.17 bits per heavy atom. The molecule has 2 fully saturated rings. The van der Waals surface area contributed by atoms with E-state index in [1.54, 1.807) is 7.11 Å². The zero-order valence-corrected chi connectivity index (χ0v) is 13.8. The van der Waals surface area contributed by atoms with Crippen LogP contribution < -0.4 is 0 Å². The molecule has 0 saturated carbocycles. The van der Waals surface area contributed by atoms with Crippen molar-refractivity contribution in [2.45, 2.75) is 38.1 Å². The number of hydrogen-bond acceptors (Lipinski definition) is 5. The summed E-state index contributed by atoms with van der Waals surface area (Å²) in [7, 11) is 1.54. The number of carbonyl (C=O) groups excluding carboxylic acids is 1. The average molecular weight is 320 g/mol. The van der Waals surface area contributed by atoms with Gasteiger partial charge in [-0.3, -0.25) is 9.78 Å². The minimum atomic E-state index is -0.242. The largest absolute Gasteiger partial charge is 0.375 e. The van der Waals surface area contributed by atoms with Crippen LogP contribution in [0.1, 0.15) is 24.2 Å². The molecule has 23 heavy (non-hydrogen) atoms. The lowest BCUT2D eigenvalue weighted by molar-refractivity contribution is -0.135. The van der Waals surface area contributed by atoms with Gasteiger partial charge in [-0.1, -0.05) is 6.07 Å². The Bertz CT molecular complexity index is 565. The van der Waals surface area contributed by atoms with Gasteiger partial charge in [-0.2, -0.15) is 0 Å².